The SMILES string of the molecule is O=C(c1ccc(F)cc1)N1CCc2nc(N3CCCCC3)nc(Oc3cccc(F)c3)c2C1. The monoisotopic (exact) mass is 450 g/mol. The third-order valence-electron chi connectivity index (χ3n) is 6.04. The lowest BCUT2D eigenvalue weighted by molar-refractivity contribution is 0.0732. The molecule has 0 radical (unpaired) electrons. The topological polar surface area (TPSA) is 58.6 Å². The van der Waals surface area contributed by atoms with Gasteiger partial charge in [-0.25, -0.2) is 13.8 Å². The average molecular weight is 450 g/mol. The third kappa shape index (κ3) is 4.65. The molecule has 0 N–H and O–H groups in total. The number of halogens is 2. The maximum absolute atomic E-state index is 13.8. The molecule has 3 aromatic rings. The number of rotatable bonds is 4. The van der Waals surface area contributed by atoms with E-state index >= 15 is 0 Å². The fraction of sp³-hybridized carbons (Fsp3) is 0.320. The molecule has 33 heavy (non-hydrogen) atoms. The Labute approximate surface area is 190 Å². The Hall–Kier alpha value is -3.55. The molecule has 1 amide bonds. The van der Waals surface area contributed by atoms with Crippen LogP contribution in [0, 0.1) is 11.6 Å². The van der Waals surface area contributed by atoms with E-state index in [4.69, 9.17) is 14.7 Å². The number of aromatic nitrogens is 2. The van der Waals surface area contributed by atoms with Crippen molar-refractivity contribution in [3.8, 4) is 11.6 Å². The first-order chi connectivity index (χ1) is 16.1. The largest absolute Gasteiger partial charge is 0.438 e. The average Bonchev–Trinajstić information content (AvgIpc) is 2.84. The van der Waals surface area contributed by atoms with E-state index in [0.29, 0.717) is 41.7 Å². The predicted octanol–water partition coefficient (Wildman–Crippen LogP) is 4.74. The molecule has 0 atom stereocenters. The second-order valence-corrected chi connectivity index (χ2v) is 8.34. The molecule has 2 aliphatic rings. The maximum atomic E-state index is 13.8. The summed E-state index contributed by atoms with van der Waals surface area (Å²) < 4.78 is 33.1. The minimum Gasteiger partial charge on any atom is -0.438 e. The summed E-state index contributed by atoms with van der Waals surface area (Å²) in [5.41, 5.74) is 1.96. The Morgan fingerprint density at radius 2 is 1.70 bits per heavy atom. The number of nitrogens with zero attached hydrogens (tertiary/aromatic N) is 4. The van der Waals surface area contributed by atoms with Gasteiger partial charge in [-0.1, -0.05) is 6.07 Å². The zero-order valence-electron chi connectivity index (χ0n) is 18.1. The molecule has 0 aliphatic carbocycles. The Morgan fingerprint density at radius 1 is 0.909 bits per heavy atom. The number of fused-ring (bicyclic) bond motifs is 1. The van der Waals surface area contributed by atoms with Gasteiger partial charge in [-0.2, -0.15) is 4.98 Å². The van der Waals surface area contributed by atoms with Crippen LogP contribution < -0.4 is 9.64 Å². The summed E-state index contributed by atoms with van der Waals surface area (Å²) in [5, 5.41) is 0. The van der Waals surface area contributed by atoms with Gasteiger partial charge in [-0.3, -0.25) is 4.79 Å². The lowest BCUT2D eigenvalue weighted by Gasteiger charge is -2.32. The van der Waals surface area contributed by atoms with Crippen LogP contribution in [0.4, 0.5) is 14.7 Å². The molecule has 8 heteroatoms. The molecule has 3 heterocycles. The first-order valence-corrected chi connectivity index (χ1v) is 11.2. The first kappa shape index (κ1) is 21.3. The number of piperidine rings is 1. The molecule has 2 aliphatic heterocycles. The van der Waals surface area contributed by atoms with Crippen molar-refractivity contribution in [3.05, 3.63) is 77.0 Å². The number of amides is 1. The summed E-state index contributed by atoms with van der Waals surface area (Å²) in [7, 11) is 0. The van der Waals surface area contributed by atoms with E-state index in [2.05, 4.69) is 4.90 Å². The van der Waals surface area contributed by atoms with Crippen LogP contribution in [-0.2, 0) is 13.0 Å². The van der Waals surface area contributed by atoms with Gasteiger partial charge in [0.1, 0.15) is 17.4 Å². The zero-order chi connectivity index (χ0) is 22.8. The van der Waals surface area contributed by atoms with Crippen LogP contribution in [0.25, 0.3) is 0 Å². The molecule has 1 saturated heterocycles. The van der Waals surface area contributed by atoms with E-state index in [-0.39, 0.29) is 18.3 Å². The molecule has 2 aromatic carbocycles. The van der Waals surface area contributed by atoms with Gasteiger partial charge in [-0.05, 0) is 55.7 Å². The quantitative estimate of drug-likeness (QED) is 0.575. The van der Waals surface area contributed by atoms with Crippen molar-refractivity contribution in [2.24, 2.45) is 0 Å². The van der Waals surface area contributed by atoms with Gasteiger partial charge >= 0.3 is 0 Å². The lowest BCUT2D eigenvalue weighted by atomic mass is 10.0. The van der Waals surface area contributed by atoms with E-state index in [0.717, 1.165) is 31.6 Å². The minimum absolute atomic E-state index is 0.197. The number of carbonyl (C=O) groups excluding carboxylic acids is 1. The number of carbonyl (C=O) groups is 1. The van der Waals surface area contributed by atoms with Crippen LogP contribution in [0.3, 0.4) is 0 Å². The van der Waals surface area contributed by atoms with Gasteiger partial charge in [0, 0.05) is 37.7 Å². The van der Waals surface area contributed by atoms with Crippen molar-refractivity contribution in [1.82, 2.24) is 14.9 Å². The summed E-state index contributed by atoms with van der Waals surface area (Å²) >= 11 is 0. The zero-order valence-corrected chi connectivity index (χ0v) is 18.1. The number of hydrogen-bond donors (Lipinski definition) is 0. The van der Waals surface area contributed by atoms with Crippen molar-refractivity contribution >= 4 is 11.9 Å². The molecule has 0 spiro atoms. The Bertz CT molecular complexity index is 1160. The maximum Gasteiger partial charge on any atom is 0.254 e. The lowest BCUT2D eigenvalue weighted by Crippen LogP contribution is -2.37. The smallest absolute Gasteiger partial charge is 0.254 e. The second-order valence-electron chi connectivity index (χ2n) is 8.34. The number of anilines is 1. The highest BCUT2D eigenvalue weighted by Crippen LogP contribution is 2.32. The molecular formula is C25H24F2N4O2. The molecule has 0 saturated carbocycles. The van der Waals surface area contributed by atoms with E-state index in [1.807, 2.05) is 0 Å². The fourth-order valence-corrected chi connectivity index (χ4v) is 4.28. The van der Waals surface area contributed by atoms with Gasteiger partial charge in [-0.15, -0.1) is 0 Å². The molecular weight excluding hydrogens is 426 g/mol. The van der Waals surface area contributed by atoms with Crippen LogP contribution in [0.1, 0.15) is 40.9 Å². The van der Waals surface area contributed by atoms with E-state index < -0.39 is 5.82 Å². The van der Waals surface area contributed by atoms with Gasteiger partial charge in [0.2, 0.25) is 11.8 Å². The number of benzene rings is 2. The molecule has 0 bridgehead atoms. The molecule has 0 unspecified atom stereocenters. The normalized spacial score (nSPS) is 15.8. The van der Waals surface area contributed by atoms with Crippen molar-refractivity contribution in [2.75, 3.05) is 24.5 Å². The Balaban J connectivity index is 1.48. The number of ether oxygens (including phenoxy) is 1. The van der Waals surface area contributed by atoms with Crippen LogP contribution in [0.2, 0.25) is 0 Å². The van der Waals surface area contributed by atoms with Gasteiger partial charge in [0.05, 0.1) is 17.8 Å². The minimum atomic E-state index is -0.403. The summed E-state index contributed by atoms with van der Waals surface area (Å²) in [4.78, 5) is 26.3. The highest BCUT2D eigenvalue weighted by Gasteiger charge is 2.28. The van der Waals surface area contributed by atoms with Gasteiger partial charge in [0.25, 0.3) is 5.91 Å². The summed E-state index contributed by atoms with van der Waals surface area (Å²) in [6, 6.07) is 11.4. The van der Waals surface area contributed by atoms with Crippen LogP contribution in [-0.4, -0.2) is 40.4 Å². The van der Waals surface area contributed by atoms with Gasteiger partial charge in [0.15, 0.2) is 0 Å². The molecule has 1 fully saturated rings. The summed E-state index contributed by atoms with van der Waals surface area (Å²) in [5.74, 6) is 0.292. The molecule has 170 valence electrons. The standard InChI is InChI=1S/C25H24F2N4O2/c26-18-9-7-17(8-10-18)24(32)31-14-11-22-21(16-31)23(33-20-6-4-5-19(27)15-20)29-25(28-22)30-12-2-1-3-13-30/h4-10,15H,1-3,11-14,16H2. The van der Waals surface area contributed by atoms with E-state index in [1.165, 1.54) is 42.8 Å². The van der Waals surface area contributed by atoms with Crippen LogP contribution in [0.5, 0.6) is 11.6 Å². The van der Waals surface area contributed by atoms with Crippen molar-refractivity contribution < 1.29 is 18.3 Å². The van der Waals surface area contributed by atoms with Crippen molar-refractivity contribution in [1.29, 1.82) is 0 Å². The summed E-state index contributed by atoms with van der Waals surface area (Å²) in [6.07, 6.45) is 3.90. The highest BCUT2D eigenvalue weighted by atomic mass is 19.1. The van der Waals surface area contributed by atoms with Crippen LogP contribution in [0.15, 0.2) is 48.5 Å². The van der Waals surface area contributed by atoms with Crippen LogP contribution >= 0.6 is 0 Å². The van der Waals surface area contributed by atoms with Crippen molar-refractivity contribution in [3.63, 3.8) is 0 Å². The Kier molecular flexibility index (Phi) is 5.90. The van der Waals surface area contributed by atoms with E-state index in [9.17, 15) is 13.6 Å². The van der Waals surface area contributed by atoms with Crippen molar-refractivity contribution in [2.45, 2.75) is 32.2 Å². The highest BCUT2D eigenvalue weighted by molar-refractivity contribution is 5.94. The summed E-state index contributed by atoms with van der Waals surface area (Å²) in [6.45, 7) is 2.51. The molecule has 6 nitrogen and oxygen atoms in total. The van der Waals surface area contributed by atoms with E-state index in [1.54, 1.807) is 17.0 Å². The molecule has 5 rings (SSSR count). The first-order valence-electron chi connectivity index (χ1n) is 11.2. The third-order valence-corrected chi connectivity index (χ3v) is 6.04. The predicted molar refractivity (Wildman–Crippen MR) is 119 cm³/mol. The number of hydrogen-bond acceptors (Lipinski definition) is 5. The van der Waals surface area contributed by atoms with Gasteiger partial charge < -0.3 is 14.5 Å². The fourth-order valence-electron chi connectivity index (χ4n) is 4.28. The Morgan fingerprint density at radius 3 is 2.45 bits per heavy atom. The second kappa shape index (κ2) is 9.13. The molecule has 1 aromatic heterocycles.